The second-order valence-corrected chi connectivity index (χ2v) is 3.92. The van der Waals surface area contributed by atoms with Crippen molar-refractivity contribution in [1.82, 2.24) is 0 Å². The van der Waals surface area contributed by atoms with Crippen molar-refractivity contribution in [3.8, 4) is 0 Å². The summed E-state index contributed by atoms with van der Waals surface area (Å²) in [5.74, 6) is 0. The minimum absolute atomic E-state index is 0.669. The van der Waals surface area contributed by atoms with E-state index < -0.39 is 0 Å². The number of hydrogen-bond acceptors (Lipinski definition) is 1. The molecule has 0 fully saturated rings. The number of hydrogen-bond donors (Lipinski definition) is 0. The van der Waals surface area contributed by atoms with Crippen LogP contribution >= 0.6 is 0 Å². The first-order valence-electron chi connectivity index (χ1n) is 5.69. The fourth-order valence-electron chi connectivity index (χ4n) is 1.65. The number of rotatable bonds is 4. The summed E-state index contributed by atoms with van der Waals surface area (Å²) in [4.78, 5) is 0. The maximum atomic E-state index is 5.08. The summed E-state index contributed by atoms with van der Waals surface area (Å²) in [5, 5.41) is 0. The Morgan fingerprint density at radius 3 is 2.00 bits per heavy atom. The Balaban J connectivity index is 2.06. The second-order valence-electron chi connectivity index (χ2n) is 3.92. The van der Waals surface area contributed by atoms with E-state index in [0.717, 1.165) is 0 Å². The van der Waals surface area contributed by atoms with Crippen LogP contribution in [0.4, 0.5) is 0 Å². The van der Waals surface area contributed by atoms with Crippen LogP contribution in [0.5, 0.6) is 0 Å². The summed E-state index contributed by atoms with van der Waals surface area (Å²) in [6.45, 7) is 0.669. The molecule has 0 amide bonds. The molecule has 1 heteroatoms. The molecule has 0 aliphatic carbocycles. The van der Waals surface area contributed by atoms with Crippen LogP contribution in [0.25, 0.3) is 12.2 Å². The zero-order valence-electron chi connectivity index (χ0n) is 9.97. The molecule has 0 atom stereocenters. The highest BCUT2D eigenvalue weighted by Gasteiger charge is 1.91. The maximum Gasteiger partial charge on any atom is 0.0713 e. The van der Waals surface area contributed by atoms with Crippen molar-refractivity contribution in [2.24, 2.45) is 0 Å². The zero-order valence-corrected chi connectivity index (χ0v) is 9.97. The molecule has 0 radical (unpaired) electrons. The molecule has 1 nitrogen and oxygen atoms in total. The Morgan fingerprint density at radius 2 is 1.41 bits per heavy atom. The minimum Gasteiger partial charge on any atom is -0.380 e. The second kappa shape index (κ2) is 6.02. The molecule has 0 spiro atoms. The third-order valence-electron chi connectivity index (χ3n) is 2.56. The molecule has 0 aromatic heterocycles. The van der Waals surface area contributed by atoms with Gasteiger partial charge >= 0.3 is 0 Å². The van der Waals surface area contributed by atoms with Gasteiger partial charge in [-0.15, -0.1) is 0 Å². The largest absolute Gasteiger partial charge is 0.380 e. The van der Waals surface area contributed by atoms with E-state index in [4.69, 9.17) is 4.74 Å². The van der Waals surface area contributed by atoms with Crippen molar-refractivity contribution in [2.75, 3.05) is 7.11 Å². The third kappa shape index (κ3) is 3.58. The van der Waals surface area contributed by atoms with Gasteiger partial charge in [0, 0.05) is 7.11 Å². The van der Waals surface area contributed by atoms with E-state index in [0.29, 0.717) is 6.61 Å². The van der Waals surface area contributed by atoms with Crippen molar-refractivity contribution in [1.29, 1.82) is 0 Å². The van der Waals surface area contributed by atoms with Crippen LogP contribution in [-0.4, -0.2) is 7.11 Å². The number of ether oxygens (including phenoxy) is 1. The molecule has 0 saturated carbocycles. The number of benzene rings is 2. The summed E-state index contributed by atoms with van der Waals surface area (Å²) in [5.41, 5.74) is 3.62. The van der Waals surface area contributed by atoms with Gasteiger partial charge in [0.25, 0.3) is 0 Å². The first kappa shape index (κ1) is 11.6. The van der Waals surface area contributed by atoms with Gasteiger partial charge in [-0.25, -0.2) is 0 Å². The summed E-state index contributed by atoms with van der Waals surface area (Å²) in [6.07, 6.45) is 4.23. The summed E-state index contributed by atoms with van der Waals surface area (Å²) in [6, 6.07) is 18.7. The van der Waals surface area contributed by atoms with E-state index >= 15 is 0 Å². The van der Waals surface area contributed by atoms with Crippen LogP contribution in [0, 0.1) is 0 Å². The van der Waals surface area contributed by atoms with Gasteiger partial charge < -0.3 is 4.74 Å². The highest BCUT2D eigenvalue weighted by Crippen LogP contribution is 2.10. The highest BCUT2D eigenvalue weighted by atomic mass is 16.5. The lowest BCUT2D eigenvalue weighted by Gasteiger charge is -1.99. The lowest BCUT2D eigenvalue weighted by molar-refractivity contribution is 0.185. The van der Waals surface area contributed by atoms with Crippen LogP contribution in [0.2, 0.25) is 0 Å². The van der Waals surface area contributed by atoms with Crippen molar-refractivity contribution in [2.45, 2.75) is 6.61 Å². The van der Waals surface area contributed by atoms with E-state index in [9.17, 15) is 0 Å². The van der Waals surface area contributed by atoms with Crippen LogP contribution in [-0.2, 0) is 11.3 Å². The Morgan fingerprint density at radius 1 is 0.824 bits per heavy atom. The quantitative estimate of drug-likeness (QED) is 0.713. The lowest BCUT2D eigenvalue weighted by atomic mass is 10.1. The molecule has 17 heavy (non-hydrogen) atoms. The van der Waals surface area contributed by atoms with Gasteiger partial charge in [-0.3, -0.25) is 0 Å². The molecule has 2 aromatic carbocycles. The Bertz CT molecular complexity index is 469. The van der Waals surface area contributed by atoms with Gasteiger partial charge in [-0.1, -0.05) is 66.7 Å². The van der Waals surface area contributed by atoms with Gasteiger partial charge in [0.1, 0.15) is 0 Å². The molecule has 0 aliphatic rings. The van der Waals surface area contributed by atoms with Crippen molar-refractivity contribution in [3.05, 3.63) is 71.3 Å². The molecule has 0 unspecified atom stereocenters. The van der Waals surface area contributed by atoms with Gasteiger partial charge in [-0.05, 0) is 16.7 Å². The fraction of sp³-hybridized carbons (Fsp3) is 0.125. The zero-order chi connectivity index (χ0) is 11.9. The van der Waals surface area contributed by atoms with Crippen LogP contribution < -0.4 is 0 Å². The van der Waals surface area contributed by atoms with Gasteiger partial charge in [0.05, 0.1) is 6.61 Å². The summed E-state index contributed by atoms with van der Waals surface area (Å²) in [7, 11) is 1.71. The predicted octanol–water partition coefficient (Wildman–Crippen LogP) is 4.00. The van der Waals surface area contributed by atoms with E-state index in [2.05, 4.69) is 48.6 Å². The predicted molar refractivity (Wildman–Crippen MR) is 72.5 cm³/mol. The molecule has 2 aromatic rings. The Labute approximate surface area is 102 Å². The van der Waals surface area contributed by atoms with E-state index in [1.165, 1.54) is 16.7 Å². The van der Waals surface area contributed by atoms with Gasteiger partial charge in [-0.2, -0.15) is 0 Å². The van der Waals surface area contributed by atoms with Gasteiger partial charge in [0.15, 0.2) is 0 Å². The van der Waals surface area contributed by atoms with E-state index in [1.807, 2.05) is 18.2 Å². The molecule has 0 bridgehead atoms. The standard InChI is InChI=1S/C16H16O/c1-17-13-16-11-9-15(10-12-16)8-7-14-5-3-2-4-6-14/h2-12H,13H2,1H3. The fourth-order valence-corrected chi connectivity index (χ4v) is 1.65. The van der Waals surface area contributed by atoms with E-state index in [-0.39, 0.29) is 0 Å². The van der Waals surface area contributed by atoms with Crippen LogP contribution in [0.1, 0.15) is 16.7 Å². The topological polar surface area (TPSA) is 9.23 Å². The SMILES string of the molecule is COCc1ccc(C=Cc2ccccc2)cc1. The Kier molecular flexibility index (Phi) is 4.11. The molecule has 0 heterocycles. The van der Waals surface area contributed by atoms with Crippen molar-refractivity contribution >= 4 is 12.2 Å². The molecule has 0 N–H and O–H groups in total. The first-order valence-corrected chi connectivity index (χ1v) is 5.69. The van der Waals surface area contributed by atoms with Crippen molar-refractivity contribution in [3.63, 3.8) is 0 Å². The van der Waals surface area contributed by atoms with E-state index in [1.54, 1.807) is 7.11 Å². The lowest BCUT2D eigenvalue weighted by Crippen LogP contribution is -1.86. The normalized spacial score (nSPS) is 10.9. The molecular weight excluding hydrogens is 208 g/mol. The summed E-state index contributed by atoms with van der Waals surface area (Å²) < 4.78 is 5.08. The minimum atomic E-state index is 0.669. The smallest absolute Gasteiger partial charge is 0.0713 e. The molecule has 86 valence electrons. The van der Waals surface area contributed by atoms with Crippen LogP contribution in [0.15, 0.2) is 54.6 Å². The average molecular weight is 224 g/mol. The highest BCUT2D eigenvalue weighted by molar-refractivity contribution is 5.69. The molecule has 2 rings (SSSR count). The monoisotopic (exact) mass is 224 g/mol. The maximum absolute atomic E-state index is 5.08. The third-order valence-corrected chi connectivity index (χ3v) is 2.56. The molecule has 0 saturated heterocycles. The van der Waals surface area contributed by atoms with Crippen molar-refractivity contribution < 1.29 is 4.74 Å². The molecule has 0 aliphatic heterocycles. The summed E-state index contributed by atoms with van der Waals surface area (Å²) >= 11 is 0. The first-order chi connectivity index (χ1) is 8.38. The number of methoxy groups -OCH3 is 1. The molecular formula is C16H16O. The Hall–Kier alpha value is -1.86. The van der Waals surface area contributed by atoms with Gasteiger partial charge in [0.2, 0.25) is 0 Å². The van der Waals surface area contributed by atoms with Crippen LogP contribution in [0.3, 0.4) is 0 Å². The average Bonchev–Trinajstić information content (AvgIpc) is 2.40.